The maximum atomic E-state index is 11.0. The monoisotopic (exact) mass is 393 g/mol. The first kappa shape index (κ1) is 18.4. The summed E-state index contributed by atoms with van der Waals surface area (Å²) in [5, 5.41) is 9.07. The van der Waals surface area contributed by atoms with Gasteiger partial charge < -0.3 is 9.67 Å². The molecular formula is C27H23NO2. The number of rotatable bonds is 5. The van der Waals surface area contributed by atoms with Crippen molar-refractivity contribution in [2.24, 2.45) is 0 Å². The van der Waals surface area contributed by atoms with E-state index in [1.54, 1.807) is 0 Å². The van der Waals surface area contributed by atoms with Gasteiger partial charge in [0.05, 0.1) is 5.69 Å². The van der Waals surface area contributed by atoms with Crippen LogP contribution >= 0.6 is 0 Å². The van der Waals surface area contributed by atoms with Crippen LogP contribution in [-0.2, 0) is 24.1 Å². The summed E-state index contributed by atoms with van der Waals surface area (Å²) < 4.78 is 2.37. The van der Waals surface area contributed by atoms with Crippen LogP contribution in [0.4, 0.5) is 0 Å². The molecule has 3 aromatic carbocycles. The number of aliphatic carboxylic acids is 1. The lowest BCUT2D eigenvalue weighted by atomic mass is 9.90. The molecule has 0 amide bonds. The number of hydrogen-bond donors (Lipinski definition) is 1. The summed E-state index contributed by atoms with van der Waals surface area (Å²) in [6, 6.07) is 29.8. The maximum absolute atomic E-state index is 11.0. The van der Waals surface area contributed by atoms with Crippen molar-refractivity contribution in [1.29, 1.82) is 0 Å². The Kier molecular flexibility index (Phi) is 4.72. The van der Waals surface area contributed by atoms with E-state index in [-0.39, 0.29) is 6.42 Å². The molecule has 148 valence electrons. The molecule has 0 fully saturated rings. The average Bonchev–Trinajstić information content (AvgIpc) is 3.19. The number of carbonyl (C=O) groups is 1. The molecule has 1 aliphatic carbocycles. The fourth-order valence-electron chi connectivity index (χ4n) is 4.50. The first-order valence-electron chi connectivity index (χ1n) is 10.4. The molecule has 1 aliphatic rings. The molecule has 0 bridgehead atoms. The van der Waals surface area contributed by atoms with Crippen LogP contribution in [0.3, 0.4) is 0 Å². The largest absolute Gasteiger partial charge is 0.481 e. The van der Waals surface area contributed by atoms with Gasteiger partial charge in [-0.15, -0.1) is 0 Å². The first-order chi connectivity index (χ1) is 14.7. The van der Waals surface area contributed by atoms with Crippen molar-refractivity contribution in [1.82, 2.24) is 4.57 Å². The van der Waals surface area contributed by atoms with Crippen molar-refractivity contribution in [3.8, 4) is 28.1 Å². The zero-order valence-electron chi connectivity index (χ0n) is 16.7. The predicted molar refractivity (Wildman–Crippen MR) is 120 cm³/mol. The van der Waals surface area contributed by atoms with Crippen LogP contribution in [0.2, 0.25) is 0 Å². The van der Waals surface area contributed by atoms with Gasteiger partial charge in [-0.2, -0.15) is 0 Å². The Morgan fingerprint density at radius 1 is 0.833 bits per heavy atom. The highest BCUT2D eigenvalue weighted by Gasteiger charge is 2.23. The van der Waals surface area contributed by atoms with Gasteiger partial charge in [-0.05, 0) is 59.7 Å². The average molecular weight is 393 g/mol. The second-order valence-electron chi connectivity index (χ2n) is 7.81. The first-order valence-corrected chi connectivity index (χ1v) is 10.4. The number of hydrogen-bond acceptors (Lipinski definition) is 1. The minimum Gasteiger partial charge on any atom is -0.481 e. The molecule has 3 heteroatoms. The third-order valence-corrected chi connectivity index (χ3v) is 5.91. The normalized spacial score (nSPS) is 12.3. The van der Waals surface area contributed by atoms with E-state index in [1.807, 2.05) is 18.2 Å². The van der Waals surface area contributed by atoms with Gasteiger partial charge in [0.1, 0.15) is 0 Å². The van der Waals surface area contributed by atoms with E-state index >= 15 is 0 Å². The summed E-state index contributed by atoms with van der Waals surface area (Å²) in [6.07, 6.45) is 2.70. The molecule has 3 nitrogen and oxygen atoms in total. The molecule has 30 heavy (non-hydrogen) atoms. The van der Waals surface area contributed by atoms with Crippen molar-refractivity contribution in [2.75, 3.05) is 0 Å². The van der Waals surface area contributed by atoms with Gasteiger partial charge >= 0.3 is 5.97 Å². The lowest BCUT2D eigenvalue weighted by molar-refractivity contribution is -0.136. The molecule has 0 aliphatic heterocycles. The third kappa shape index (κ3) is 3.33. The van der Waals surface area contributed by atoms with Gasteiger partial charge in [0.25, 0.3) is 0 Å². The zero-order chi connectivity index (χ0) is 20.5. The van der Waals surface area contributed by atoms with E-state index in [9.17, 15) is 4.79 Å². The van der Waals surface area contributed by atoms with Crippen LogP contribution in [-0.4, -0.2) is 15.6 Å². The number of nitrogens with zero attached hydrogens (tertiary/aromatic N) is 1. The van der Waals surface area contributed by atoms with Crippen molar-refractivity contribution in [3.63, 3.8) is 0 Å². The van der Waals surface area contributed by atoms with E-state index in [0.717, 1.165) is 24.1 Å². The topological polar surface area (TPSA) is 42.2 Å². The van der Waals surface area contributed by atoms with Gasteiger partial charge in [-0.25, -0.2) is 0 Å². The standard InChI is InChI=1S/C27H23NO2/c29-27(30)16-13-19-7-6-11-22(17-19)28-25-15-14-20-8-4-5-12-23(20)24(25)18-26(28)21-9-2-1-3-10-21/h1-12,17-18H,13-16H2,(H,29,30). The Morgan fingerprint density at radius 3 is 2.47 bits per heavy atom. The van der Waals surface area contributed by atoms with E-state index in [4.69, 9.17) is 5.11 Å². The quantitative estimate of drug-likeness (QED) is 0.457. The Hall–Kier alpha value is -3.59. The Morgan fingerprint density at radius 2 is 1.63 bits per heavy atom. The fourth-order valence-corrected chi connectivity index (χ4v) is 4.50. The smallest absolute Gasteiger partial charge is 0.303 e. The summed E-state index contributed by atoms with van der Waals surface area (Å²) in [5.41, 5.74) is 9.83. The molecule has 0 radical (unpaired) electrons. The number of benzene rings is 3. The summed E-state index contributed by atoms with van der Waals surface area (Å²) in [7, 11) is 0. The Labute approximate surface area is 176 Å². The molecule has 0 unspecified atom stereocenters. The fraction of sp³-hybridized carbons (Fsp3) is 0.148. The molecule has 1 aromatic heterocycles. The molecule has 0 saturated carbocycles. The minimum absolute atomic E-state index is 0.145. The molecule has 0 saturated heterocycles. The molecule has 0 spiro atoms. The van der Waals surface area contributed by atoms with Gasteiger partial charge in [0.2, 0.25) is 0 Å². The summed E-state index contributed by atoms with van der Waals surface area (Å²) in [4.78, 5) is 11.0. The van der Waals surface area contributed by atoms with Crippen LogP contribution in [0, 0.1) is 0 Å². The van der Waals surface area contributed by atoms with Crippen LogP contribution in [0.15, 0.2) is 84.9 Å². The summed E-state index contributed by atoms with van der Waals surface area (Å²) in [5.74, 6) is -0.764. The number of fused-ring (bicyclic) bond motifs is 3. The Bertz CT molecular complexity index is 1220. The van der Waals surface area contributed by atoms with Crippen LogP contribution < -0.4 is 0 Å². The molecule has 5 rings (SSSR count). The lowest BCUT2D eigenvalue weighted by Crippen LogP contribution is -2.09. The molecule has 1 heterocycles. The van der Waals surface area contributed by atoms with Gasteiger partial charge in [0.15, 0.2) is 0 Å². The van der Waals surface area contributed by atoms with E-state index in [1.165, 1.54) is 33.6 Å². The molecule has 4 aromatic rings. The highest BCUT2D eigenvalue weighted by Crippen LogP contribution is 2.40. The highest BCUT2D eigenvalue weighted by molar-refractivity contribution is 5.80. The second kappa shape index (κ2) is 7.68. The van der Waals surface area contributed by atoms with Gasteiger partial charge in [-0.3, -0.25) is 4.79 Å². The maximum Gasteiger partial charge on any atom is 0.303 e. The number of carboxylic acids is 1. The van der Waals surface area contributed by atoms with E-state index in [2.05, 4.69) is 71.3 Å². The van der Waals surface area contributed by atoms with E-state index < -0.39 is 5.97 Å². The number of aryl methyl sites for hydroxylation is 2. The van der Waals surface area contributed by atoms with Gasteiger partial charge in [0, 0.05) is 23.4 Å². The summed E-state index contributed by atoms with van der Waals surface area (Å²) >= 11 is 0. The SMILES string of the molecule is O=C(O)CCc1cccc(-n2c(-c3ccccc3)cc3c2CCc2ccccc2-3)c1. The molecule has 1 N–H and O–H groups in total. The van der Waals surface area contributed by atoms with Crippen LogP contribution in [0.5, 0.6) is 0 Å². The van der Waals surface area contributed by atoms with E-state index in [0.29, 0.717) is 6.42 Å². The highest BCUT2D eigenvalue weighted by atomic mass is 16.4. The number of aromatic nitrogens is 1. The lowest BCUT2D eigenvalue weighted by Gasteiger charge is -2.20. The third-order valence-electron chi connectivity index (χ3n) is 5.91. The van der Waals surface area contributed by atoms with Crippen molar-refractivity contribution in [3.05, 3.63) is 102 Å². The van der Waals surface area contributed by atoms with Crippen molar-refractivity contribution >= 4 is 5.97 Å². The zero-order valence-corrected chi connectivity index (χ0v) is 16.7. The second-order valence-corrected chi connectivity index (χ2v) is 7.81. The van der Waals surface area contributed by atoms with Crippen molar-refractivity contribution in [2.45, 2.75) is 25.7 Å². The van der Waals surface area contributed by atoms with Crippen LogP contribution in [0.25, 0.3) is 28.1 Å². The molecule has 0 atom stereocenters. The minimum atomic E-state index is -0.764. The van der Waals surface area contributed by atoms with Gasteiger partial charge in [-0.1, -0.05) is 66.7 Å². The van der Waals surface area contributed by atoms with Crippen LogP contribution in [0.1, 0.15) is 23.2 Å². The van der Waals surface area contributed by atoms with Crippen molar-refractivity contribution < 1.29 is 9.90 Å². The summed E-state index contributed by atoms with van der Waals surface area (Å²) in [6.45, 7) is 0. The Balaban J connectivity index is 1.70. The molecular weight excluding hydrogens is 370 g/mol. The predicted octanol–water partition coefficient (Wildman–Crippen LogP) is 5.93. The number of carboxylic acid groups (broad SMARTS) is 1.